The Hall–Kier alpha value is -1.76. The highest BCUT2D eigenvalue weighted by Crippen LogP contribution is 2.39. The molecule has 1 aliphatic heterocycles. The second-order valence-electron chi connectivity index (χ2n) is 5.31. The van der Waals surface area contributed by atoms with Crippen LogP contribution in [0.1, 0.15) is 36.2 Å². The second kappa shape index (κ2) is 5.93. The molecule has 0 aliphatic carbocycles. The van der Waals surface area contributed by atoms with Crippen LogP contribution < -0.4 is 5.73 Å². The van der Waals surface area contributed by atoms with Crippen molar-refractivity contribution in [2.24, 2.45) is 5.73 Å². The topological polar surface area (TPSA) is 94.4 Å². The average Bonchev–Trinajstić information content (AvgIpc) is 3.06. The molecule has 1 aromatic heterocycles. The van der Waals surface area contributed by atoms with E-state index in [1.807, 2.05) is 18.2 Å². The molecule has 0 unspecified atom stereocenters. The van der Waals surface area contributed by atoms with Gasteiger partial charge >= 0.3 is 0 Å². The van der Waals surface area contributed by atoms with E-state index < -0.39 is 6.04 Å². The number of aliphatic hydroxyl groups is 1. The van der Waals surface area contributed by atoms with Crippen LogP contribution in [0.25, 0.3) is 0 Å². The quantitative estimate of drug-likeness (QED) is 0.877. The summed E-state index contributed by atoms with van der Waals surface area (Å²) in [6, 6.07) is 9.51. The maximum atomic E-state index is 9.12. The van der Waals surface area contributed by atoms with Crippen LogP contribution in [0, 0.1) is 0 Å². The van der Waals surface area contributed by atoms with Crippen LogP contribution in [-0.4, -0.2) is 35.1 Å². The standard InChI is InChI=1S/C15H19N3O3/c16-12(10-19)13-17-14(18-21-13)15(6-8-20-9-7-15)11-4-2-1-3-5-11/h1-5,12,19H,6-10,16H2/t12-/m0/s1. The molecule has 0 saturated carbocycles. The number of hydrogen-bond acceptors (Lipinski definition) is 6. The zero-order valence-corrected chi connectivity index (χ0v) is 11.7. The van der Waals surface area contributed by atoms with Gasteiger partial charge in [-0.05, 0) is 18.4 Å². The van der Waals surface area contributed by atoms with Gasteiger partial charge in [0.2, 0.25) is 5.89 Å². The summed E-state index contributed by atoms with van der Waals surface area (Å²) in [7, 11) is 0. The van der Waals surface area contributed by atoms with Crippen molar-refractivity contribution < 1.29 is 14.4 Å². The van der Waals surface area contributed by atoms with Gasteiger partial charge < -0.3 is 20.1 Å². The maximum absolute atomic E-state index is 9.12. The summed E-state index contributed by atoms with van der Waals surface area (Å²) in [5.74, 6) is 0.894. The Morgan fingerprint density at radius 1 is 1.24 bits per heavy atom. The molecule has 1 saturated heterocycles. The lowest BCUT2D eigenvalue weighted by atomic mass is 9.73. The largest absolute Gasteiger partial charge is 0.394 e. The van der Waals surface area contributed by atoms with Gasteiger partial charge in [-0.2, -0.15) is 4.98 Å². The molecule has 1 aliphatic rings. The normalized spacial score (nSPS) is 19.3. The number of rotatable bonds is 4. The molecule has 0 radical (unpaired) electrons. The molecule has 3 N–H and O–H groups in total. The van der Waals surface area contributed by atoms with E-state index in [1.54, 1.807) is 0 Å². The number of hydrogen-bond donors (Lipinski definition) is 2. The fourth-order valence-electron chi connectivity index (χ4n) is 2.78. The van der Waals surface area contributed by atoms with Crippen molar-refractivity contribution in [3.8, 4) is 0 Å². The molecule has 0 spiro atoms. The van der Waals surface area contributed by atoms with E-state index >= 15 is 0 Å². The Morgan fingerprint density at radius 3 is 2.62 bits per heavy atom. The van der Waals surface area contributed by atoms with E-state index in [1.165, 1.54) is 0 Å². The molecule has 21 heavy (non-hydrogen) atoms. The first-order chi connectivity index (χ1) is 10.3. The predicted molar refractivity (Wildman–Crippen MR) is 75.6 cm³/mol. The van der Waals surface area contributed by atoms with Gasteiger partial charge in [-0.3, -0.25) is 0 Å². The second-order valence-corrected chi connectivity index (χ2v) is 5.31. The van der Waals surface area contributed by atoms with Crippen LogP contribution in [0.5, 0.6) is 0 Å². The molecule has 112 valence electrons. The molecule has 3 rings (SSSR count). The molecule has 2 aromatic rings. The van der Waals surface area contributed by atoms with Crippen molar-refractivity contribution in [3.05, 3.63) is 47.6 Å². The van der Waals surface area contributed by atoms with Crippen LogP contribution in [0.15, 0.2) is 34.9 Å². The van der Waals surface area contributed by atoms with Crippen molar-refractivity contribution in [2.75, 3.05) is 19.8 Å². The number of aliphatic hydroxyl groups excluding tert-OH is 1. The molecule has 6 nitrogen and oxygen atoms in total. The smallest absolute Gasteiger partial charge is 0.245 e. The van der Waals surface area contributed by atoms with Gasteiger partial charge in [0.05, 0.1) is 12.0 Å². The molecular formula is C15H19N3O3. The minimum absolute atomic E-state index is 0.219. The summed E-state index contributed by atoms with van der Waals surface area (Å²) in [5.41, 5.74) is 6.59. The highest BCUT2D eigenvalue weighted by atomic mass is 16.5. The Labute approximate surface area is 122 Å². The molecule has 0 bridgehead atoms. The van der Waals surface area contributed by atoms with Crippen molar-refractivity contribution in [2.45, 2.75) is 24.3 Å². The van der Waals surface area contributed by atoms with Crippen LogP contribution >= 0.6 is 0 Å². The minimum atomic E-state index is -0.640. The highest BCUT2D eigenvalue weighted by molar-refractivity contribution is 5.33. The lowest BCUT2D eigenvalue weighted by Gasteiger charge is -2.34. The molecular weight excluding hydrogens is 270 g/mol. The van der Waals surface area contributed by atoms with E-state index in [0.717, 1.165) is 18.4 Å². The zero-order chi connectivity index (χ0) is 14.7. The van der Waals surface area contributed by atoms with Crippen molar-refractivity contribution in [1.82, 2.24) is 10.1 Å². The summed E-state index contributed by atoms with van der Waals surface area (Å²) < 4.78 is 10.7. The zero-order valence-electron chi connectivity index (χ0n) is 11.7. The Balaban J connectivity index is 2.02. The van der Waals surface area contributed by atoms with Crippen molar-refractivity contribution in [1.29, 1.82) is 0 Å². The first-order valence-electron chi connectivity index (χ1n) is 7.10. The van der Waals surface area contributed by atoms with Gasteiger partial charge in [0, 0.05) is 13.2 Å². The number of nitrogens with zero attached hydrogens (tertiary/aromatic N) is 2. The summed E-state index contributed by atoms with van der Waals surface area (Å²) in [4.78, 5) is 4.43. The fourth-order valence-corrected chi connectivity index (χ4v) is 2.78. The summed E-state index contributed by atoms with van der Waals surface area (Å²) in [6.07, 6.45) is 1.59. The van der Waals surface area contributed by atoms with Gasteiger partial charge in [-0.1, -0.05) is 35.5 Å². The van der Waals surface area contributed by atoms with E-state index in [4.69, 9.17) is 20.1 Å². The number of ether oxygens (including phenoxy) is 1. The van der Waals surface area contributed by atoms with Crippen molar-refractivity contribution >= 4 is 0 Å². The average molecular weight is 289 g/mol. The third-order valence-electron chi connectivity index (χ3n) is 4.06. The SMILES string of the molecule is N[C@@H](CO)c1nc(C2(c3ccccc3)CCOCC2)no1. The molecule has 0 amide bonds. The molecule has 1 aromatic carbocycles. The number of benzene rings is 1. The Kier molecular flexibility index (Phi) is 4.01. The summed E-state index contributed by atoms with van der Waals surface area (Å²) in [5, 5.41) is 13.2. The van der Waals surface area contributed by atoms with E-state index in [9.17, 15) is 0 Å². The predicted octanol–water partition coefficient (Wildman–Crippen LogP) is 1.16. The molecule has 2 heterocycles. The van der Waals surface area contributed by atoms with Gasteiger partial charge in [0.25, 0.3) is 0 Å². The fraction of sp³-hybridized carbons (Fsp3) is 0.467. The summed E-state index contributed by atoms with van der Waals surface area (Å²) in [6.45, 7) is 1.10. The van der Waals surface area contributed by atoms with Crippen LogP contribution in [0.3, 0.4) is 0 Å². The van der Waals surface area contributed by atoms with Gasteiger partial charge in [-0.15, -0.1) is 0 Å². The number of nitrogens with two attached hydrogens (primary N) is 1. The van der Waals surface area contributed by atoms with Gasteiger partial charge in [0.1, 0.15) is 6.04 Å². The highest BCUT2D eigenvalue weighted by Gasteiger charge is 2.40. The lowest BCUT2D eigenvalue weighted by Crippen LogP contribution is -2.36. The molecule has 1 fully saturated rings. The van der Waals surface area contributed by atoms with E-state index in [0.29, 0.717) is 19.0 Å². The van der Waals surface area contributed by atoms with Crippen LogP contribution in [0.2, 0.25) is 0 Å². The minimum Gasteiger partial charge on any atom is -0.394 e. The molecule has 1 atom stereocenters. The third kappa shape index (κ3) is 2.57. The Morgan fingerprint density at radius 2 is 1.95 bits per heavy atom. The van der Waals surface area contributed by atoms with Gasteiger partial charge in [-0.25, -0.2) is 0 Å². The third-order valence-corrected chi connectivity index (χ3v) is 4.06. The first-order valence-corrected chi connectivity index (χ1v) is 7.10. The van der Waals surface area contributed by atoms with Gasteiger partial charge in [0.15, 0.2) is 5.82 Å². The Bertz CT molecular complexity index is 579. The van der Waals surface area contributed by atoms with Crippen LogP contribution in [0.4, 0.5) is 0 Å². The van der Waals surface area contributed by atoms with Crippen LogP contribution in [-0.2, 0) is 10.2 Å². The van der Waals surface area contributed by atoms with E-state index in [2.05, 4.69) is 22.3 Å². The first kappa shape index (κ1) is 14.2. The summed E-state index contributed by atoms with van der Waals surface area (Å²) >= 11 is 0. The molecule has 6 heteroatoms. The maximum Gasteiger partial charge on any atom is 0.245 e. The lowest BCUT2D eigenvalue weighted by molar-refractivity contribution is 0.0597. The monoisotopic (exact) mass is 289 g/mol. The van der Waals surface area contributed by atoms with Crippen molar-refractivity contribution in [3.63, 3.8) is 0 Å². The number of aromatic nitrogens is 2. The van der Waals surface area contributed by atoms with E-state index in [-0.39, 0.29) is 17.9 Å².